The lowest BCUT2D eigenvalue weighted by Crippen LogP contribution is -2.47. The summed E-state index contributed by atoms with van der Waals surface area (Å²) < 4.78 is 9.67. The normalized spacial score (nSPS) is 17.9. The summed E-state index contributed by atoms with van der Waals surface area (Å²) in [6, 6.07) is 7.93. The standard InChI is InChI=1S/C30H35ClN6O3/c1-18-23-10-9-21(28(38)35-13-5-6-22(17-35)40-29(39)33-30(2,3)4)16-37(23)34-25(18)24-14-20-11-12-32-27(31)26(20)36(24)15-19-7-8-19/h9-12,14,16,19,22H,5-8,13,15,17H2,1-4H3,(H,33,39)/t22-/m1/s1. The number of carbonyl (C=O) groups is 2. The molecule has 40 heavy (non-hydrogen) atoms. The van der Waals surface area contributed by atoms with Crippen molar-refractivity contribution < 1.29 is 14.3 Å². The number of carbonyl (C=O) groups excluding carboxylic acids is 2. The van der Waals surface area contributed by atoms with Gasteiger partial charge >= 0.3 is 6.09 Å². The Morgan fingerprint density at radius 3 is 2.73 bits per heavy atom. The van der Waals surface area contributed by atoms with Crippen molar-refractivity contribution in [2.75, 3.05) is 13.1 Å². The van der Waals surface area contributed by atoms with Gasteiger partial charge in [-0.1, -0.05) is 11.6 Å². The molecular formula is C30H35ClN6O3. The maximum absolute atomic E-state index is 13.5. The average molecular weight is 563 g/mol. The zero-order valence-corrected chi connectivity index (χ0v) is 24.2. The van der Waals surface area contributed by atoms with Crippen LogP contribution >= 0.6 is 11.6 Å². The smallest absolute Gasteiger partial charge is 0.407 e. The molecule has 0 aromatic carbocycles. The van der Waals surface area contributed by atoms with E-state index in [0.717, 1.165) is 52.8 Å². The highest BCUT2D eigenvalue weighted by Gasteiger charge is 2.29. The number of halogens is 1. The molecule has 0 bridgehead atoms. The van der Waals surface area contributed by atoms with Crippen LogP contribution in [0.3, 0.4) is 0 Å². The van der Waals surface area contributed by atoms with Crippen molar-refractivity contribution in [3.63, 3.8) is 0 Å². The molecule has 0 spiro atoms. The van der Waals surface area contributed by atoms with Crippen LogP contribution in [0.1, 0.15) is 62.4 Å². The summed E-state index contributed by atoms with van der Waals surface area (Å²) in [5.41, 5.74) is 4.97. The van der Waals surface area contributed by atoms with E-state index in [-0.39, 0.29) is 17.6 Å². The van der Waals surface area contributed by atoms with Gasteiger partial charge in [-0.3, -0.25) is 4.79 Å². The topological polar surface area (TPSA) is 93.8 Å². The lowest BCUT2D eigenvalue weighted by molar-refractivity contribution is 0.0322. The van der Waals surface area contributed by atoms with Crippen molar-refractivity contribution in [3.8, 4) is 11.4 Å². The first-order valence-corrected chi connectivity index (χ1v) is 14.4. The molecule has 0 radical (unpaired) electrons. The van der Waals surface area contributed by atoms with Crippen molar-refractivity contribution in [3.05, 3.63) is 52.9 Å². The van der Waals surface area contributed by atoms with E-state index >= 15 is 0 Å². The number of aromatic nitrogens is 4. The van der Waals surface area contributed by atoms with Gasteiger partial charge < -0.3 is 19.5 Å². The summed E-state index contributed by atoms with van der Waals surface area (Å²) >= 11 is 6.55. The molecule has 6 rings (SSSR count). The van der Waals surface area contributed by atoms with Crippen molar-refractivity contribution in [2.24, 2.45) is 5.92 Å². The number of amides is 2. The Balaban J connectivity index is 1.27. The van der Waals surface area contributed by atoms with E-state index in [1.165, 1.54) is 12.8 Å². The van der Waals surface area contributed by atoms with E-state index in [2.05, 4.69) is 27.9 Å². The highest BCUT2D eigenvalue weighted by atomic mass is 35.5. The molecule has 1 atom stereocenters. The molecule has 0 unspecified atom stereocenters. The van der Waals surface area contributed by atoms with Gasteiger partial charge in [0, 0.05) is 42.0 Å². The highest BCUT2D eigenvalue weighted by molar-refractivity contribution is 6.34. The Morgan fingerprint density at radius 2 is 1.98 bits per heavy atom. The van der Waals surface area contributed by atoms with Crippen molar-refractivity contribution in [1.82, 2.24) is 29.4 Å². The zero-order chi connectivity index (χ0) is 28.2. The van der Waals surface area contributed by atoms with Crippen LogP contribution in [0.15, 0.2) is 36.7 Å². The maximum Gasteiger partial charge on any atom is 0.407 e. The lowest BCUT2D eigenvalue weighted by Gasteiger charge is -2.33. The summed E-state index contributed by atoms with van der Waals surface area (Å²) in [4.78, 5) is 31.9. The molecule has 9 nitrogen and oxygen atoms in total. The van der Waals surface area contributed by atoms with Crippen molar-refractivity contribution in [1.29, 1.82) is 0 Å². The summed E-state index contributed by atoms with van der Waals surface area (Å²) in [6.45, 7) is 9.65. The first-order valence-electron chi connectivity index (χ1n) is 14.0. The fraction of sp³-hybridized carbons (Fsp3) is 0.467. The molecule has 4 aromatic heterocycles. The Bertz CT molecular complexity index is 1610. The Labute approximate surface area is 238 Å². The van der Waals surface area contributed by atoms with Gasteiger partial charge in [-0.15, -0.1) is 0 Å². The Morgan fingerprint density at radius 1 is 1.18 bits per heavy atom. The van der Waals surface area contributed by atoms with Gasteiger partial charge in [0.05, 0.1) is 28.8 Å². The molecule has 1 N–H and O–H groups in total. The summed E-state index contributed by atoms with van der Waals surface area (Å²) in [5.74, 6) is 0.547. The zero-order valence-electron chi connectivity index (χ0n) is 23.4. The van der Waals surface area contributed by atoms with E-state index in [4.69, 9.17) is 21.4 Å². The lowest BCUT2D eigenvalue weighted by atomic mass is 10.1. The number of nitrogens with zero attached hydrogens (tertiary/aromatic N) is 5. The number of likely N-dealkylation sites (tertiary alicyclic amines) is 1. The predicted molar refractivity (Wildman–Crippen MR) is 155 cm³/mol. The fourth-order valence-corrected chi connectivity index (χ4v) is 5.81. The monoisotopic (exact) mass is 562 g/mol. The van der Waals surface area contributed by atoms with Crippen LogP contribution in [-0.2, 0) is 11.3 Å². The van der Waals surface area contributed by atoms with Crippen LogP contribution in [0.2, 0.25) is 5.15 Å². The van der Waals surface area contributed by atoms with Gasteiger partial charge in [-0.05, 0) is 83.6 Å². The minimum absolute atomic E-state index is 0.0955. The van der Waals surface area contributed by atoms with Gasteiger partial charge in [0.15, 0.2) is 5.15 Å². The number of nitrogens with one attached hydrogen (secondary N) is 1. The SMILES string of the molecule is Cc1c(-c2cc3ccnc(Cl)c3n2CC2CC2)nn2cc(C(=O)N3CCC[C@@H](OC(=O)NC(C)(C)C)C3)ccc12. The van der Waals surface area contributed by atoms with Crippen molar-refractivity contribution in [2.45, 2.75) is 71.6 Å². The quantitative estimate of drug-likeness (QED) is 0.308. The van der Waals surface area contributed by atoms with E-state index in [1.54, 1.807) is 21.8 Å². The minimum Gasteiger partial charge on any atom is -0.444 e. The molecule has 2 fully saturated rings. The molecule has 2 aliphatic rings. The molecule has 5 heterocycles. The van der Waals surface area contributed by atoms with E-state index in [9.17, 15) is 9.59 Å². The van der Waals surface area contributed by atoms with Gasteiger partial charge in [0.1, 0.15) is 11.8 Å². The number of aryl methyl sites for hydroxylation is 1. The van der Waals surface area contributed by atoms with Gasteiger partial charge in [0.2, 0.25) is 0 Å². The van der Waals surface area contributed by atoms with E-state index in [0.29, 0.717) is 29.7 Å². The summed E-state index contributed by atoms with van der Waals surface area (Å²) in [6.07, 6.45) is 6.68. The van der Waals surface area contributed by atoms with Crippen molar-refractivity contribution >= 4 is 40.0 Å². The molecule has 1 aliphatic heterocycles. The second kappa shape index (κ2) is 10.1. The molecule has 1 aliphatic carbocycles. The largest absolute Gasteiger partial charge is 0.444 e. The third kappa shape index (κ3) is 5.27. The Hall–Kier alpha value is -3.59. The first kappa shape index (κ1) is 26.6. The van der Waals surface area contributed by atoms with Crippen LogP contribution in [0, 0.1) is 12.8 Å². The number of hydrogen-bond acceptors (Lipinski definition) is 5. The van der Waals surface area contributed by atoms with Crippen LogP contribution in [0.5, 0.6) is 0 Å². The van der Waals surface area contributed by atoms with Gasteiger partial charge in [-0.2, -0.15) is 5.10 Å². The van der Waals surface area contributed by atoms with Crippen LogP contribution in [0.25, 0.3) is 27.8 Å². The first-order chi connectivity index (χ1) is 19.1. The second-order valence-electron chi connectivity index (χ2n) is 12.1. The summed E-state index contributed by atoms with van der Waals surface area (Å²) in [5, 5.41) is 9.32. The molecule has 1 saturated carbocycles. The number of rotatable bonds is 5. The number of hydrogen-bond donors (Lipinski definition) is 1. The summed E-state index contributed by atoms with van der Waals surface area (Å²) in [7, 11) is 0. The van der Waals surface area contributed by atoms with Crippen LogP contribution in [-0.4, -0.2) is 60.8 Å². The molecule has 1 saturated heterocycles. The average Bonchev–Trinajstić information content (AvgIpc) is 3.56. The minimum atomic E-state index is -0.455. The molecule has 4 aromatic rings. The fourth-order valence-electron chi connectivity index (χ4n) is 5.55. The highest BCUT2D eigenvalue weighted by Crippen LogP contribution is 2.38. The number of piperidine rings is 1. The Kier molecular flexibility index (Phi) is 6.73. The molecular weight excluding hydrogens is 528 g/mol. The maximum atomic E-state index is 13.5. The number of ether oxygens (including phenoxy) is 1. The second-order valence-corrected chi connectivity index (χ2v) is 12.5. The van der Waals surface area contributed by atoms with E-state index in [1.807, 2.05) is 39.0 Å². The van der Waals surface area contributed by atoms with Gasteiger partial charge in [-0.25, -0.2) is 14.3 Å². The van der Waals surface area contributed by atoms with Gasteiger partial charge in [0.25, 0.3) is 5.91 Å². The number of fused-ring (bicyclic) bond motifs is 2. The number of pyridine rings is 2. The molecule has 2 amide bonds. The number of alkyl carbamates (subject to hydrolysis) is 1. The molecule has 210 valence electrons. The van der Waals surface area contributed by atoms with Crippen LogP contribution in [0.4, 0.5) is 4.79 Å². The predicted octanol–water partition coefficient (Wildman–Crippen LogP) is 5.85. The third-order valence-corrected chi connectivity index (χ3v) is 7.96. The van der Waals surface area contributed by atoms with Crippen LogP contribution < -0.4 is 5.32 Å². The third-order valence-electron chi connectivity index (χ3n) is 7.68. The molecule has 10 heteroatoms. The van der Waals surface area contributed by atoms with E-state index < -0.39 is 6.09 Å².